The first-order valence-corrected chi connectivity index (χ1v) is 5.33. The van der Waals surface area contributed by atoms with Gasteiger partial charge in [0.1, 0.15) is 0 Å². The molecule has 3 heteroatoms. The Balaban J connectivity index is 2.88. The third-order valence-corrected chi connectivity index (χ3v) is 2.98. The van der Waals surface area contributed by atoms with Crippen LogP contribution in [0, 0.1) is 3.57 Å². The van der Waals surface area contributed by atoms with Gasteiger partial charge < -0.3 is 0 Å². The van der Waals surface area contributed by atoms with Gasteiger partial charge in [0.2, 0.25) is 0 Å². The summed E-state index contributed by atoms with van der Waals surface area (Å²) in [6.45, 7) is 0. The van der Waals surface area contributed by atoms with Gasteiger partial charge in [-0.15, -0.1) is 0 Å². The molecule has 12 heavy (non-hydrogen) atoms. The summed E-state index contributed by atoms with van der Waals surface area (Å²) in [5.74, 6) is 0. The van der Waals surface area contributed by atoms with Crippen molar-refractivity contribution in [2.45, 2.75) is 0 Å². The maximum atomic E-state index is 4.09. The molecule has 0 amide bonds. The largest absolute Gasteiger partial charge is 0.263 e. The zero-order valence-corrected chi connectivity index (χ0v) is 9.83. The number of benzene rings is 1. The number of hydrogen-bond acceptors (Lipinski definition) is 1. The fraction of sp³-hybridized carbons (Fsp3) is 0. The van der Waals surface area contributed by atoms with E-state index in [4.69, 9.17) is 0 Å². The first kappa shape index (κ1) is 8.44. The van der Waals surface area contributed by atoms with Crippen molar-refractivity contribution in [1.82, 2.24) is 4.98 Å². The number of pyridine rings is 1. The van der Waals surface area contributed by atoms with Gasteiger partial charge in [-0.25, -0.2) is 0 Å². The van der Waals surface area contributed by atoms with Gasteiger partial charge in [0.25, 0.3) is 0 Å². The second kappa shape index (κ2) is 3.30. The van der Waals surface area contributed by atoms with E-state index in [1.165, 1.54) is 14.3 Å². The molecule has 0 radical (unpaired) electrons. The van der Waals surface area contributed by atoms with Crippen molar-refractivity contribution in [3.8, 4) is 0 Å². The van der Waals surface area contributed by atoms with Crippen molar-refractivity contribution >= 4 is 49.3 Å². The number of nitrogens with zero attached hydrogens (tertiary/aromatic N) is 1. The smallest absolute Gasteiger partial charge is 0.0437 e. The highest BCUT2D eigenvalue weighted by Gasteiger charge is 1.97. The Kier molecular flexibility index (Phi) is 2.32. The standard InChI is InChI=1S/C9H5BrIN/c10-9-5-12-4-6-1-2-7(11)3-8(6)9/h1-5H. The Bertz CT molecular complexity index is 428. The summed E-state index contributed by atoms with van der Waals surface area (Å²) in [6.07, 6.45) is 3.69. The Morgan fingerprint density at radius 1 is 1.25 bits per heavy atom. The van der Waals surface area contributed by atoms with Crippen LogP contribution < -0.4 is 0 Å². The SMILES string of the molecule is Brc1cncc2ccc(I)cc12. The van der Waals surface area contributed by atoms with Crippen molar-refractivity contribution < 1.29 is 0 Å². The van der Waals surface area contributed by atoms with E-state index in [1.54, 1.807) is 0 Å². The van der Waals surface area contributed by atoms with Crippen molar-refractivity contribution in [3.63, 3.8) is 0 Å². The summed E-state index contributed by atoms with van der Waals surface area (Å²) in [6, 6.07) is 6.30. The second-order valence-electron chi connectivity index (χ2n) is 2.49. The first-order chi connectivity index (χ1) is 5.77. The van der Waals surface area contributed by atoms with Crippen molar-refractivity contribution in [2.75, 3.05) is 0 Å². The quantitative estimate of drug-likeness (QED) is 0.671. The number of fused-ring (bicyclic) bond motifs is 1. The van der Waals surface area contributed by atoms with E-state index in [0.717, 1.165) is 4.47 Å². The highest BCUT2D eigenvalue weighted by atomic mass is 127. The topological polar surface area (TPSA) is 12.9 Å². The summed E-state index contributed by atoms with van der Waals surface area (Å²) in [7, 11) is 0. The molecule has 2 rings (SSSR count). The van der Waals surface area contributed by atoms with Gasteiger partial charge in [-0.3, -0.25) is 4.98 Å². The lowest BCUT2D eigenvalue weighted by Crippen LogP contribution is -1.78. The number of aromatic nitrogens is 1. The molecule has 1 aromatic heterocycles. The van der Waals surface area contributed by atoms with Crippen LogP contribution in [0.5, 0.6) is 0 Å². The average Bonchev–Trinajstić information content (AvgIpc) is 2.07. The lowest BCUT2D eigenvalue weighted by Gasteiger charge is -1.99. The lowest BCUT2D eigenvalue weighted by molar-refractivity contribution is 1.35. The summed E-state index contributed by atoms with van der Waals surface area (Å²) in [5.41, 5.74) is 0. The molecule has 0 spiro atoms. The summed E-state index contributed by atoms with van der Waals surface area (Å²) in [5, 5.41) is 2.39. The molecule has 0 unspecified atom stereocenters. The van der Waals surface area contributed by atoms with Gasteiger partial charge >= 0.3 is 0 Å². The van der Waals surface area contributed by atoms with Crippen molar-refractivity contribution in [1.29, 1.82) is 0 Å². The number of halogens is 2. The molecule has 0 saturated carbocycles. The molecule has 0 bridgehead atoms. The van der Waals surface area contributed by atoms with Crippen LogP contribution in [0.4, 0.5) is 0 Å². The van der Waals surface area contributed by atoms with E-state index < -0.39 is 0 Å². The molecule has 2 aromatic rings. The van der Waals surface area contributed by atoms with Crippen LogP contribution in [0.3, 0.4) is 0 Å². The Morgan fingerprint density at radius 3 is 2.92 bits per heavy atom. The highest BCUT2D eigenvalue weighted by molar-refractivity contribution is 14.1. The van der Waals surface area contributed by atoms with Gasteiger partial charge in [-0.2, -0.15) is 0 Å². The van der Waals surface area contributed by atoms with Gasteiger partial charge in [-0.05, 0) is 50.7 Å². The monoisotopic (exact) mass is 333 g/mol. The van der Waals surface area contributed by atoms with Crippen LogP contribution >= 0.6 is 38.5 Å². The highest BCUT2D eigenvalue weighted by Crippen LogP contribution is 2.23. The van der Waals surface area contributed by atoms with E-state index in [-0.39, 0.29) is 0 Å². The Labute approximate surface area is 92.5 Å². The number of hydrogen-bond donors (Lipinski definition) is 0. The molecule has 0 fully saturated rings. The van der Waals surface area contributed by atoms with Gasteiger partial charge in [0.05, 0.1) is 0 Å². The summed E-state index contributed by atoms with van der Waals surface area (Å²) < 4.78 is 2.30. The molecule has 1 aromatic carbocycles. The van der Waals surface area contributed by atoms with Crippen LogP contribution in [-0.2, 0) is 0 Å². The minimum atomic E-state index is 1.05. The predicted octanol–water partition coefficient (Wildman–Crippen LogP) is 3.60. The van der Waals surface area contributed by atoms with Crippen LogP contribution in [0.2, 0.25) is 0 Å². The first-order valence-electron chi connectivity index (χ1n) is 3.46. The van der Waals surface area contributed by atoms with Crippen LogP contribution in [0.15, 0.2) is 35.1 Å². The molecule has 0 aliphatic rings. The minimum absolute atomic E-state index is 1.05. The fourth-order valence-electron chi connectivity index (χ4n) is 1.10. The zero-order valence-electron chi connectivity index (χ0n) is 6.09. The van der Waals surface area contributed by atoms with Gasteiger partial charge in [-0.1, -0.05) is 6.07 Å². The summed E-state index contributed by atoms with van der Waals surface area (Å²) >= 11 is 5.77. The average molecular weight is 334 g/mol. The molecule has 0 atom stereocenters. The normalized spacial score (nSPS) is 10.5. The van der Waals surface area contributed by atoms with Crippen LogP contribution in [-0.4, -0.2) is 4.98 Å². The molecule has 0 N–H and O–H groups in total. The van der Waals surface area contributed by atoms with Gasteiger partial charge in [0, 0.05) is 31.2 Å². The van der Waals surface area contributed by atoms with E-state index in [2.05, 4.69) is 61.7 Å². The van der Waals surface area contributed by atoms with E-state index in [9.17, 15) is 0 Å². The molecular formula is C9H5BrIN. The van der Waals surface area contributed by atoms with Crippen LogP contribution in [0.25, 0.3) is 10.8 Å². The minimum Gasteiger partial charge on any atom is -0.263 e. The van der Waals surface area contributed by atoms with Gasteiger partial charge in [0.15, 0.2) is 0 Å². The maximum absolute atomic E-state index is 4.09. The second-order valence-corrected chi connectivity index (χ2v) is 4.59. The zero-order chi connectivity index (χ0) is 8.55. The van der Waals surface area contributed by atoms with E-state index in [0.29, 0.717) is 0 Å². The molecule has 1 nitrogen and oxygen atoms in total. The third-order valence-electron chi connectivity index (χ3n) is 1.67. The molecule has 1 heterocycles. The van der Waals surface area contributed by atoms with Crippen molar-refractivity contribution in [2.24, 2.45) is 0 Å². The Morgan fingerprint density at radius 2 is 2.08 bits per heavy atom. The summed E-state index contributed by atoms with van der Waals surface area (Å²) in [4.78, 5) is 4.09. The molecule has 60 valence electrons. The molecule has 0 aliphatic carbocycles. The van der Waals surface area contributed by atoms with E-state index in [1.807, 2.05) is 12.4 Å². The number of rotatable bonds is 0. The third kappa shape index (κ3) is 1.47. The maximum Gasteiger partial charge on any atom is 0.0437 e. The molecular weight excluding hydrogens is 329 g/mol. The predicted molar refractivity (Wildman–Crippen MR) is 62.2 cm³/mol. The fourth-order valence-corrected chi connectivity index (χ4v) is 2.05. The van der Waals surface area contributed by atoms with E-state index >= 15 is 0 Å². The Hall–Kier alpha value is -0.160. The van der Waals surface area contributed by atoms with Crippen molar-refractivity contribution in [3.05, 3.63) is 38.6 Å². The molecule has 0 saturated heterocycles. The molecule has 0 aliphatic heterocycles. The lowest BCUT2D eigenvalue weighted by atomic mass is 10.2. The van der Waals surface area contributed by atoms with Crippen LogP contribution in [0.1, 0.15) is 0 Å².